The van der Waals surface area contributed by atoms with Gasteiger partial charge in [-0.2, -0.15) is 0 Å². The summed E-state index contributed by atoms with van der Waals surface area (Å²) in [5.41, 5.74) is 0.818. The highest BCUT2D eigenvalue weighted by molar-refractivity contribution is 6.46. The minimum Gasteiger partial charge on any atom is -0.507 e. The number of non-ortho nitro benzene ring substituents is 1. The van der Waals surface area contributed by atoms with Crippen molar-refractivity contribution in [2.45, 2.75) is 19.9 Å². The molecule has 1 aliphatic heterocycles. The smallest absolute Gasteiger partial charge is 0.295 e. The van der Waals surface area contributed by atoms with Crippen LogP contribution in [0.3, 0.4) is 0 Å². The number of rotatable bonds is 8. The average Bonchev–Trinajstić information content (AvgIpc) is 3.05. The van der Waals surface area contributed by atoms with E-state index in [-0.39, 0.29) is 22.6 Å². The highest BCUT2D eigenvalue weighted by Crippen LogP contribution is 2.39. The number of aliphatic hydroxyl groups excluding tert-OH is 1. The molecule has 1 atom stereocenters. The Morgan fingerprint density at radius 2 is 1.68 bits per heavy atom. The highest BCUT2D eigenvalue weighted by Gasteiger charge is 2.45. The Labute approximate surface area is 180 Å². The van der Waals surface area contributed by atoms with Crippen LogP contribution < -0.4 is 0 Å². The fourth-order valence-corrected chi connectivity index (χ4v) is 3.78. The molecule has 0 bridgehead atoms. The number of Topliss-reactive ketones (excluding diaryl/α,β-unsaturated/α-hetero) is 1. The van der Waals surface area contributed by atoms with Crippen molar-refractivity contribution in [3.8, 4) is 0 Å². The quantitative estimate of drug-likeness (QED) is 0.230. The van der Waals surface area contributed by atoms with Crippen molar-refractivity contribution in [3.63, 3.8) is 0 Å². The third-order valence-corrected chi connectivity index (χ3v) is 5.56. The number of nitro benzene ring substituents is 1. The molecular weight excluding hydrogens is 398 g/mol. The van der Waals surface area contributed by atoms with Gasteiger partial charge in [0, 0.05) is 30.8 Å². The summed E-state index contributed by atoms with van der Waals surface area (Å²) in [4.78, 5) is 39.8. The number of aliphatic hydroxyl groups is 1. The first-order valence-corrected chi connectivity index (χ1v) is 10.2. The summed E-state index contributed by atoms with van der Waals surface area (Å²) in [5, 5.41) is 21.9. The summed E-state index contributed by atoms with van der Waals surface area (Å²) in [6, 6.07) is 13.6. The van der Waals surface area contributed by atoms with Crippen LogP contribution in [0.25, 0.3) is 5.76 Å². The van der Waals surface area contributed by atoms with Crippen molar-refractivity contribution in [1.29, 1.82) is 0 Å². The maximum Gasteiger partial charge on any atom is 0.295 e. The number of likely N-dealkylation sites (tertiary alicyclic amines) is 1. The van der Waals surface area contributed by atoms with Gasteiger partial charge in [-0.3, -0.25) is 19.7 Å². The molecule has 0 aliphatic carbocycles. The van der Waals surface area contributed by atoms with E-state index in [1.165, 1.54) is 29.2 Å². The average molecular weight is 423 g/mol. The summed E-state index contributed by atoms with van der Waals surface area (Å²) in [6.07, 6.45) is 0. The van der Waals surface area contributed by atoms with Gasteiger partial charge in [0.25, 0.3) is 17.4 Å². The third-order valence-electron chi connectivity index (χ3n) is 5.56. The van der Waals surface area contributed by atoms with Crippen LogP contribution in [0.5, 0.6) is 0 Å². The predicted molar refractivity (Wildman–Crippen MR) is 116 cm³/mol. The van der Waals surface area contributed by atoms with Gasteiger partial charge in [0.1, 0.15) is 5.76 Å². The number of benzene rings is 2. The molecule has 0 spiro atoms. The van der Waals surface area contributed by atoms with Crippen LogP contribution in [-0.2, 0) is 9.59 Å². The summed E-state index contributed by atoms with van der Waals surface area (Å²) in [6.45, 7) is 6.63. The Morgan fingerprint density at radius 3 is 2.23 bits per heavy atom. The molecule has 1 amide bonds. The zero-order chi connectivity index (χ0) is 22.5. The summed E-state index contributed by atoms with van der Waals surface area (Å²) < 4.78 is 0. The normalized spacial score (nSPS) is 18.0. The van der Waals surface area contributed by atoms with Gasteiger partial charge < -0.3 is 14.9 Å². The zero-order valence-corrected chi connectivity index (χ0v) is 17.5. The lowest BCUT2D eigenvalue weighted by molar-refractivity contribution is -0.384. The number of carbonyl (C=O) groups excluding carboxylic acids is 2. The van der Waals surface area contributed by atoms with E-state index in [1.807, 2.05) is 44.2 Å². The van der Waals surface area contributed by atoms with Gasteiger partial charge in [0.2, 0.25) is 0 Å². The Balaban J connectivity index is 2.06. The SMILES string of the molecule is CCN(CC)CCN1C(=O)C(=O)C(=C(O)c2ccc([N+](=O)[O-])cc2)C1c1ccccc1. The number of ketones is 1. The van der Waals surface area contributed by atoms with Crippen LogP contribution in [0.15, 0.2) is 60.2 Å². The van der Waals surface area contributed by atoms with Gasteiger partial charge in [-0.1, -0.05) is 44.2 Å². The fourth-order valence-electron chi connectivity index (χ4n) is 3.78. The second kappa shape index (κ2) is 9.53. The molecule has 31 heavy (non-hydrogen) atoms. The molecule has 2 aromatic carbocycles. The molecule has 3 rings (SSSR count). The van der Waals surface area contributed by atoms with Crippen molar-refractivity contribution < 1.29 is 19.6 Å². The molecule has 2 aromatic rings. The van der Waals surface area contributed by atoms with Crippen molar-refractivity contribution >= 4 is 23.1 Å². The number of hydrogen-bond donors (Lipinski definition) is 1. The number of hydrogen-bond acceptors (Lipinski definition) is 6. The Hall–Kier alpha value is -3.52. The molecule has 1 heterocycles. The fraction of sp³-hybridized carbons (Fsp3) is 0.304. The first kappa shape index (κ1) is 22.2. The molecule has 8 heteroatoms. The van der Waals surface area contributed by atoms with E-state index in [1.54, 1.807) is 0 Å². The molecule has 1 unspecified atom stereocenters. The van der Waals surface area contributed by atoms with Gasteiger partial charge in [-0.05, 0) is 30.8 Å². The predicted octanol–water partition coefficient (Wildman–Crippen LogP) is 3.36. The molecule has 162 valence electrons. The minimum absolute atomic E-state index is 0.00963. The maximum atomic E-state index is 12.9. The molecule has 0 aromatic heterocycles. The molecular formula is C23H25N3O5. The van der Waals surface area contributed by atoms with Crippen LogP contribution in [0.1, 0.15) is 31.0 Å². The van der Waals surface area contributed by atoms with Crippen LogP contribution in [0, 0.1) is 10.1 Å². The summed E-state index contributed by atoms with van der Waals surface area (Å²) in [7, 11) is 0. The van der Waals surface area contributed by atoms with E-state index >= 15 is 0 Å². The summed E-state index contributed by atoms with van der Waals surface area (Å²) >= 11 is 0. The van der Waals surface area contributed by atoms with Crippen LogP contribution in [0.2, 0.25) is 0 Å². The monoisotopic (exact) mass is 423 g/mol. The second-order valence-electron chi connectivity index (χ2n) is 7.23. The first-order chi connectivity index (χ1) is 14.9. The van der Waals surface area contributed by atoms with Crippen LogP contribution >= 0.6 is 0 Å². The van der Waals surface area contributed by atoms with Gasteiger partial charge in [-0.15, -0.1) is 0 Å². The lowest BCUT2D eigenvalue weighted by atomic mass is 9.95. The van der Waals surface area contributed by atoms with Crippen molar-refractivity contribution in [3.05, 3.63) is 81.4 Å². The summed E-state index contributed by atoms with van der Waals surface area (Å²) in [5.74, 6) is -1.76. The van der Waals surface area contributed by atoms with Gasteiger partial charge in [0.15, 0.2) is 0 Å². The molecule has 1 saturated heterocycles. The Kier molecular flexibility index (Phi) is 6.81. The molecule has 1 aliphatic rings. The number of nitro groups is 1. The van der Waals surface area contributed by atoms with E-state index in [2.05, 4.69) is 4.90 Å². The van der Waals surface area contributed by atoms with E-state index < -0.39 is 22.7 Å². The van der Waals surface area contributed by atoms with E-state index in [9.17, 15) is 24.8 Å². The highest BCUT2D eigenvalue weighted by atomic mass is 16.6. The van der Waals surface area contributed by atoms with Gasteiger partial charge in [-0.25, -0.2) is 0 Å². The Morgan fingerprint density at radius 1 is 1.06 bits per heavy atom. The van der Waals surface area contributed by atoms with Crippen molar-refractivity contribution in [2.24, 2.45) is 0 Å². The van der Waals surface area contributed by atoms with E-state index in [0.29, 0.717) is 18.7 Å². The number of likely N-dealkylation sites (N-methyl/N-ethyl adjacent to an activating group) is 1. The third kappa shape index (κ3) is 4.49. The molecule has 1 N–H and O–H groups in total. The standard InChI is InChI=1S/C23H25N3O5/c1-3-24(4-2)14-15-25-20(16-8-6-5-7-9-16)19(22(28)23(25)29)21(27)17-10-12-18(13-11-17)26(30)31/h5-13,20,27H,3-4,14-15H2,1-2H3. The molecule has 0 saturated carbocycles. The first-order valence-electron chi connectivity index (χ1n) is 10.2. The maximum absolute atomic E-state index is 12.9. The second-order valence-corrected chi connectivity index (χ2v) is 7.23. The lowest BCUT2D eigenvalue weighted by Gasteiger charge is -2.28. The van der Waals surface area contributed by atoms with Gasteiger partial charge in [0.05, 0.1) is 16.5 Å². The molecule has 0 radical (unpaired) electrons. The molecule has 8 nitrogen and oxygen atoms in total. The zero-order valence-electron chi connectivity index (χ0n) is 17.5. The number of amides is 1. The van der Waals surface area contributed by atoms with Crippen LogP contribution in [0.4, 0.5) is 5.69 Å². The van der Waals surface area contributed by atoms with E-state index in [4.69, 9.17) is 0 Å². The van der Waals surface area contributed by atoms with Gasteiger partial charge >= 0.3 is 0 Å². The topological polar surface area (TPSA) is 104 Å². The molecule has 1 fully saturated rings. The van der Waals surface area contributed by atoms with Crippen molar-refractivity contribution in [2.75, 3.05) is 26.2 Å². The van der Waals surface area contributed by atoms with E-state index in [0.717, 1.165) is 13.1 Å². The van der Waals surface area contributed by atoms with Crippen LogP contribution in [-0.4, -0.2) is 57.7 Å². The van der Waals surface area contributed by atoms with Crippen molar-refractivity contribution in [1.82, 2.24) is 9.80 Å². The number of carbonyl (C=O) groups is 2. The number of nitrogens with zero attached hydrogens (tertiary/aromatic N) is 3. The largest absolute Gasteiger partial charge is 0.507 e. The minimum atomic E-state index is -0.760. The Bertz CT molecular complexity index is 998. The lowest BCUT2D eigenvalue weighted by Crippen LogP contribution is -2.38.